The van der Waals surface area contributed by atoms with Gasteiger partial charge < -0.3 is 20.5 Å². The Morgan fingerprint density at radius 3 is 2.49 bits per heavy atom. The lowest BCUT2D eigenvalue weighted by Crippen LogP contribution is -2.37. The highest BCUT2D eigenvalue weighted by Gasteiger charge is 2.17. The minimum Gasteiger partial charge on any atom is -0.493 e. The van der Waals surface area contributed by atoms with Crippen molar-refractivity contribution in [1.82, 2.24) is 15.5 Å². The summed E-state index contributed by atoms with van der Waals surface area (Å²) in [6.07, 6.45) is 3.72. The van der Waals surface area contributed by atoms with E-state index in [0.29, 0.717) is 45.6 Å². The van der Waals surface area contributed by atoms with E-state index in [1.807, 2.05) is 60.7 Å². The number of aliphatic hydroxyl groups is 1. The van der Waals surface area contributed by atoms with E-state index in [1.165, 1.54) is 0 Å². The van der Waals surface area contributed by atoms with Crippen molar-refractivity contribution >= 4 is 11.8 Å². The second kappa shape index (κ2) is 15.0. The third kappa shape index (κ3) is 9.23. The van der Waals surface area contributed by atoms with E-state index in [-0.39, 0.29) is 18.4 Å². The molecule has 1 aliphatic heterocycles. The summed E-state index contributed by atoms with van der Waals surface area (Å²) in [4.78, 5) is 27.6. The molecule has 0 aromatic heterocycles. The van der Waals surface area contributed by atoms with Gasteiger partial charge >= 0.3 is 0 Å². The molecule has 4 rings (SSSR count). The number of aryl methyl sites for hydroxylation is 1. The zero-order chi connectivity index (χ0) is 27.3. The van der Waals surface area contributed by atoms with Crippen LogP contribution < -0.4 is 15.4 Å². The van der Waals surface area contributed by atoms with Crippen LogP contribution >= 0.6 is 0 Å². The van der Waals surface area contributed by atoms with Crippen LogP contribution in [-0.2, 0) is 29.1 Å². The molecule has 0 saturated carbocycles. The number of fused-ring (bicyclic) bond motifs is 1. The average molecular weight is 530 g/mol. The van der Waals surface area contributed by atoms with Crippen LogP contribution in [0.15, 0.2) is 78.9 Å². The summed E-state index contributed by atoms with van der Waals surface area (Å²) < 4.78 is 6.18. The van der Waals surface area contributed by atoms with Crippen molar-refractivity contribution in [3.05, 3.63) is 101 Å². The lowest BCUT2D eigenvalue weighted by molar-refractivity contribution is -0.123. The van der Waals surface area contributed by atoms with Crippen LogP contribution in [0.3, 0.4) is 0 Å². The molecule has 3 aromatic rings. The van der Waals surface area contributed by atoms with Crippen molar-refractivity contribution in [2.24, 2.45) is 0 Å². The van der Waals surface area contributed by atoms with Gasteiger partial charge in [-0.25, -0.2) is 0 Å². The largest absolute Gasteiger partial charge is 0.493 e. The zero-order valence-electron chi connectivity index (χ0n) is 22.5. The van der Waals surface area contributed by atoms with Gasteiger partial charge in [0.1, 0.15) is 5.75 Å². The molecule has 7 nitrogen and oxygen atoms in total. The van der Waals surface area contributed by atoms with Gasteiger partial charge in [-0.15, -0.1) is 0 Å². The quantitative estimate of drug-likeness (QED) is 0.408. The lowest BCUT2D eigenvalue weighted by atomic mass is 10.0. The molecule has 206 valence electrons. The SMILES string of the molecule is O=C1CN(Cc2ccccc2)Cc2cc(CCC(=O)N[C@H](CO)c3ccccc3)ccc2OCCCCCN1. The number of hydrogen-bond acceptors (Lipinski definition) is 5. The van der Waals surface area contributed by atoms with E-state index in [4.69, 9.17) is 4.74 Å². The van der Waals surface area contributed by atoms with Crippen molar-refractivity contribution < 1.29 is 19.4 Å². The maximum Gasteiger partial charge on any atom is 0.234 e. The van der Waals surface area contributed by atoms with Gasteiger partial charge in [0.25, 0.3) is 0 Å². The summed E-state index contributed by atoms with van der Waals surface area (Å²) in [5.74, 6) is 0.739. The molecule has 0 saturated heterocycles. The molecule has 7 heteroatoms. The molecule has 0 radical (unpaired) electrons. The highest BCUT2D eigenvalue weighted by atomic mass is 16.5. The molecule has 3 aromatic carbocycles. The maximum absolute atomic E-state index is 12.7. The molecule has 39 heavy (non-hydrogen) atoms. The fourth-order valence-corrected chi connectivity index (χ4v) is 4.82. The molecular weight excluding hydrogens is 490 g/mol. The van der Waals surface area contributed by atoms with Crippen molar-refractivity contribution in [2.75, 3.05) is 26.3 Å². The molecule has 0 unspecified atom stereocenters. The summed E-state index contributed by atoms with van der Waals surface area (Å²) in [5, 5.41) is 15.8. The smallest absolute Gasteiger partial charge is 0.234 e. The van der Waals surface area contributed by atoms with E-state index in [0.717, 1.165) is 47.3 Å². The third-order valence-corrected chi connectivity index (χ3v) is 6.90. The number of nitrogens with one attached hydrogen (secondary N) is 2. The number of benzene rings is 3. The van der Waals surface area contributed by atoms with Crippen LogP contribution in [0.2, 0.25) is 0 Å². The molecule has 2 amide bonds. The van der Waals surface area contributed by atoms with Crippen LogP contribution in [0.5, 0.6) is 5.75 Å². The Bertz CT molecular complexity index is 1190. The van der Waals surface area contributed by atoms with Crippen molar-refractivity contribution in [3.8, 4) is 5.75 Å². The Hall–Kier alpha value is -3.68. The first kappa shape index (κ1) is 28.3. The van der Waals surface area contributed by atoms with Crippen LogP contribution in [0.1, 0.15) is 54.0 Å². The van der Waals surface area contributed by atoms with Gasteiger partial charge in [0.15, 0.2) is 0 Å². The molecule has 0 aliphatic carbocycles. The predicted octanol–water partition coefficient (Wildman–Crippen LogP) is 4.15. The van der Waals surface area contributed by atoms with E-state index < -0.39 is 6.04 Å². The Labute approximate surface area is 231 Å². The van der Waals surface area contributed by atoms with Crippen LogP contribution in [-0.4, -0.2) is 48.1 Å². The molecule has 1 atom stereocenters. The molecule has 1 aliphatic rings. The van der Waals surface area contributed by atoms with Crippen molar-refractivity contribution in [1.29, 1.82) is 0 Å². The van der Waals surface area contributed by atoms with Gasteiger partial charge in [-0.1, -0.05) is 72.8 Å². The first-order chi connectivity index (χ1) is 19.1. The molecule has 0 bridgehead atoms. The summed E-state index contributed by atoms with van der Waals surface area (Å²) >= 11 is 0. The first-order valence-electron chi connectivity index (χ1n) is 13.8. The summed E-state index contributed by atoms with van der Waals surface area (Å²) in [6.45, 7) is 2.64. The first-order valence-corrected chi connectivity index (χ1v) is 13.8. The van der Waals surface area contributed by atoms with Crippen molar-refractivity contribution in [3.63, 3.8) is 0 Å². The number of rotatable bonds is 8. The minimum atomic E-state index is -0.426. The summed E-state index contributed by atoms with van der Waals surface area (Å²) in [7, 11) is 0. The molecule has 0 spiro atoms. The number of ether oxygens (including phenoxy) is 1. The number of nitrogens with zero attached hydrogens (tertiary/aromatic N) is 1. The van der Waals surface area contributed by atoms with Gasteiger partial charge in [-0.3, -0.25) is 14.5 Å². The Morgan fingerprint density at radius 2 is 1.72 bits per heavy atom. The van der Waals surface area contributed by atoms with E-state index >= 15 is 0 Å². The molecule has 3 N–H and O–H groups in total. The monoisotopic (exact) mass is 529 g/mol. The van der Waals surface area contributed by atoms with Gasteiger partial charge in [0.2, 0.25) is 11.8 Å². The van der Waals surface area contributed by atoms with Crippen LogP contribution in [0, 0.1) is 0 Å². The average Bonchev–Trinajstić information content (AvgIpc) is 2.97. The summed E-state index contributed by atoms with van der Waals surface area (Å²) in [6, 6.07) is 25.3. The number of amides is 2. The number of carbonyl (C=O) groups excluding carboxylic acids is 2. The van der Waals surface area contributed by atoms with Gasteiger partial charge in [0.05, 0.1) is 25.8 Å². The Kier molecular flexibility index (Phi) is 10.9. The van der Waals surface area contributed by atoms with Crippen LogP contribution in [0.25, 0.3) is 0 Å². The maximum atomic E-state index is 12.7. The highest BCUT2D eigenvalue weighted by molar-refractivity contribution is 5.78. The van der Waals surface area contributed by atoms with E-state index in [1.54, 1.807) is 0 Å². The minimum absolute atomic E-state index is 0.0253. The van der Waals surface area contributed by atoms with E-state index in [2.05, 4.69) is 33.7 Å². The molecular formula is C32H39N3O4. The summed E-state index contributed by atoms with van der Waals surface area (Å²) in [5.41, 5.74) is 4.06. The topological polar surface area (TPSA) is 90.9 Å². The predicted molar refractivity (Wildman–Crippen MR) is 152 cm³/mol. The van der Waals surface area contributed by atoms with Gasteiger partial charge in [0, 0.05) is 31.6 Å². The number of hydrogen-bond donors (Lipinski definition) is 3. The van der Waals surface area contributed by atoms with Gasteiger partial charge in [-0.2, -0.15) is 0 Å². The fraction of sp³-hybridized carbons (Fsp3) is 0.375. The second-order valence-electron chi connectivity index (χ2n) is 10.0. The van der Waals surface area contributed by atoms with Gasteiger partial charge in [-0.05, 0) is 48.4 Å². The fourth-order valence-electron chi connectivity index (χ4n) is 4.82. The van der Waals surface area contributed by atoms with Crippen LogP contribution in [0.4, 0.5) is 0 Å². The second-order valence-corrected chi connectivity index (χ2v) is 10.0. The standard InChI is InChI=1S/C32H39N3O4/c36-24-29(27-12-6-2-7-13-27)34-31(37)17-15-25-14-16-30-28(20-25)22-35(21-26-10-4-1-5-11-26)23-32(38)33-18-8-3-9-19-39-30/h1-2,4-7,10-14,16,20,29,36H,3,8-9,15,17-19,21-24H2,(H,33,38)(H,34,37)/t29-/m1/s1. The lowest BCUT2D eigenvalue weighted by Gasteiger charge is -2.24. The van der Waals surface area contributed by atoms with E-state index in [9.17, 15) is 14.7 Å². The molecule has 1 heterocycles. The van der Waals surface area contributed by atoms with Crippen molar-refractivity contribution in [2.45, 2.75) is 51.2 Å². The highest BCUT2D eigenvalue weighted by Crippen LogP contribution is 2.24. The molecule has 0 fully saturated rings. The third-order valence-electron chi connectivity index (χ3n) is 6.90. The Morgan fingerprint density at radius 1 is 0.949 bits per heavy atom. The zero-order valence-corrected chi connectivity index (χ0v) is 22.5. The number of aliphatic hydroxyl groups excluding tert-OH is 1. The number of carbonyl (C=O) groups is 2. The normalized spacial score (nSPS) is 15.9. The Balaban J connectivity index is 1.47.